The Bertz CT molecular complexity index is 827. The molecular formula is C15H24N6O2. The largest absolute Gasteiger partial charge is 0.329 e. The molecule has 0 radical (unpaired) electrons. The van der Waals surface area contributed by atoms with Crippen LogP contribution in [0.5, 0.6) is 0 Å². The van der Waals surface area contributed by atoms with Crippen molar-refractivity contribution in [2.75, 3.05) is 5.43 Å². The molecule has 0 fully saturated rings. The first kappa shape index (κ1) is 17.0. The van der Waals surface area contributed by atoms with E-state index in [1.165, 1.54) is 4.57 Å². The molecule has 0 saturated carbocycles. The van der Waals surface area contributed by atoms with Gasteiger partial charge in [-0.15, -0.1) is 0 Å². The molecule has 2 rings (SSSR count). The summed E-state index contributed by atoms with van der Waals surface area (Å²) in [5.41, 5.74) is 3.73. The van der Waals surface area contributed by atoms with Crippen LogP contribution >= 0.6 is 0 Å². The lowest BCUT2D eigenvalue weighted by Gasteiger charge is -2.08. The molecule has 0 spiro atoms. The number of nitrogens with one attached hydrogen (secondary N) is 2. The van der Waals surface area contributed by atoms with Crippen LogP contribution < -0.4 is 16.7 Å². The Hall–Kier alpha value is -2.38. The van der Waals surface area contributed by atoms with Crippen molar-refractivity contribution in [1.29, 1.82) is 0 Å². The van der Waals surface area contributed by atoms with Crippen molar-refractivity contribution in [3.63, 3.8) is 0 Å². The fourth-order valence-electron chi connectivity index (χ4n) is 2.28. The van der Waals surface area contributed by atoms with E-state index in [4.69, 9.17) is 0 Å². The molecule has 2 aromatic heterocycles. The number of nitrogens with zero attached hydrogens (tertiary/aromatic N) is 4. The molecule has 23 heavy (non-hydrogen) atoms. The van der Waals surface area contributed by atoms with E-state index in [0.717, 1.165) is 31.4 Å². The van der Waals surface area contributed by atoms with Crippen molar-refractivity contribution < 1.29 is 0 Å². The van der Waals surface area contributed by atoms with Crippen molar-refractivity contribution in [3.05, 3.63) is 20.8 Å². The van der Waals surface area contributed by atoms with Gasteiger partial charge in [0.05, 0.1) is 0 Å². The number of unbranched alkanes of at least 4 members (excludes halogenated alkanes) is 2. The van der Waals surface area contributed by atoms with E-state index >= 15 is 0 Å². The van der Waals surface area contributed by atoms with Gasteiger partial charge in [-0.05, 0) is 19.8 Å². The van der Waals surface area contributed by atoms with Crippen LogP contribution in [0.3, 0.4) is 0 Å². The number of fused-ring (bicyclic) bond motifs is 1. The van der Waals surface area contributed by atoms with Gasteiger partial charge in [0.1, 0.15) is 0 Å². The molecule has 0 atom stereocenters. The predicted molar refractivity (Wildman–Crippen MR) is 92.1 cm³/mol. The van der Waals surface area contributed by atoms with Crippen molar-refractivity contribution >= 4 is 22.8 Å². The highest BCUT2D eigenvalue weighted by Gasteiger charge is 2.16. The Labute approximate surface area is 134 Å². The standard InChI is InChI=1S/C15H24N6O2/c1-5-7-8-9-21-11-12(20(4)15(23)17-13(11)22)16-14(21)19-18-10(3)6-2/h5-9H2,1-4H3,(H,16,19)(H,17,22,23)/b18-10-. The van der Waals surface area contributed by atoms with Crippen LogP contribution in [0, 0.1) is 0 Å². The third-order valence-electron chi connectivity index (χ3n) is 3.85. The Morgan fingerprint density at radius 2 is 2.04 bits per heavy atom. The van der Waals surface area contributed by atoms with Crippen molar-refractivity contribution in [1.82, 2.24) is 19.1 Å². The number of hydrazone groups is 1. The number of aryl methyl sites for hydroxylation is 2. The molecule has 0 aromatic carbocycles. The van der Waals surface area contributed by atoms with Crippen molar-refractivity contribution in [2.45, 2.75) is 53.0 Å². The van der Waals surface area contributed by atoms with Gasteiger partial charge < -0.3 is 4.57 Å². The van der Waals surface area contributed by atoms with E-state index in [-0.39, 0.29) is 0 Å². The van der Waals surface area contributed by atoms with Gasteiger partial charge in [-0.1, -0.05) is 26.7 Å². The Balaban J connectivity index is 2.57. The SMILES string of the molecule is CCCCCn1c(N/N=C(/C)CC)nc2c1c(=O)[nH]c(=O)n2C. The van der Waals surface area contributed by atoms with Gasteiger partial charge in [-0.2, -0.15) is 10.1 Å². The lowest BCUT2D eigenvalue weighted by Crippen LogP contribution is -2.29. The van der Waals surface area contributed by atoms with Crippen LogP contribution in [0.1, 0.15) is 46.5 Å². The summed E-state index contributed by atoms with van der Waals surface area (Å²) in [5.74, 6) is 0.482. The molecular weight excluding hydrogens is 296 g/mol. The first-order valence-electron chi connectivity index (χ1n) is 7.98. The molecule has 8 nitrogen and oxygen atoms in total. The van der Waals surface area contributed by atoms with E-state index in [1.807, 2.05) is 13.8 Å². The van der Waals surface area contributed by atoms with Crippen LogP contribution in [0.15, 0.2) is 14.7 Å². The lowest BCUT2D eigenvalue weighted by molar-refractivity contribution is 0.615. The summed E-state index contributed by atoms with van der Waals surface area (Å²) < 4.78 is 3.14. The zero-order valence-corrected chi connectivity index (χ0v) is 14.1. The Morgan fingerprint density at radius 1 is 1.30 bits per heavy atom. The molecule has 0 bridgehead atoms. The lowest BCUT2D eigenvalue weighted by atomic mass is 10.2. The number of hydrogen-bond acceptors (Lipinski definition) is 5. The number of imidazole rings is 1. The zero-order valence-electron chi connectivity index (χ0n) is 14.1. The highest BCUT2D eigenvalue weighted by molar-refractivity contribution is 5.82. The minimum atomic E-state index is -0.472. The zero-order chi connectivity index (χ0) is 17.0. The third-order valence-corrected chi connectivity index (χ3v) is 3.85. The summed E-state index contributed by atoms with van der Waals surface area (Å²) in [4.78, 5) is 30.7. The fourth-order valence-corrected chi connectivity index (χ4v) is 2.28. The summed E-state index contributed by atoms with van der Waals surface area (Å²) in [5, 5.41) is 4.26. The second-order valence-electron chi connectivity index (χ2n) is 5.60. The molecule has 0 aliphatic heterocycles. The molecule has 0 unspecified atom stereocenters. The molecule has 2 heterocycles. The minimum Gasteiger partial charge on any atom is -0.303 e. The second-order valence-corrected chi connectivity index (χ2v) is 5.60. The number of H-pyrrole nitrogens is 1. The summed E-state index contributed by atoms with van der Waals surface area (Å²) in [6.07, 6.45) is 3.88. The Morgan fingerprint density at radius 3 is 2.70 bits per heavy atom. The number of anilines is 1. The molecule has 8 heteroatoms. The summed E-state index contributed by atoms with van der Waals surface area (Å²) in [7, 11) is 1.59. The summed E-state index contributed by atoms with van der Waals surface area (Å²) in [6, 6.07) is 0. The van der Waals surface area contributed by atoms with E-state index in [9.17, 15) is 9.59 Å². The summed E-state index contributed by atoms with van der Waals surface area (Å²) >= 11 is 0. The van der Waals surface area contributed by atoms with Gasteiger partial charge >= 0.3 is 5.69 Å². The molecule has 0 aliphatic rings. The molecule has 0 amide bonds. The van der Waals surface area contributed by atoms with Gasteiger partial charge in [-0.3, -0.25) is 14.3 Å². The molecule has 2 N–H and O–H groups in total. The molecule has 2 aromatic rings. The predicted octanol–water partition coefficient (Wildman–Crippen LogP) is 1.81. The molecule has 126 valence electrons. The Kier molecular flexibility index (Phi) is 5.36. The smallest absolute Gasteiger partial charge is 0.303 e. The van der Waals surface area contributed by atoms with E-state index in [0.29, 0.717) is 23.7 Å². The van der Waals surface area contributed by atoms with Gasteiger partial charge in [-0.25, -0.2) is 10.2 Å². The minimum absolute atomic E-state index is 0.363. The van der Waals surface area contributed by atoms with Crippen LogP contribution in [0.2, 0.25) is 0 Å². The van der Waals surface area contributed by atoms with Gasteiger partial charge in [0.25, 0.3) is 5.56 Å². The quantitative estimate of drug-likeness (QED) is 0.462. The fraction of sp³-hybridized carbons (Fsp3) is 0.600. The maximum Gasteiger partial charge on any atom is 0.329 e. The maximum absolute atomic E-state index is 12.2. The average Bonchev–Trinajstić information content (AvgIpc) is 2.90. The second kappa shape index (κ2) is 7.26. The van der Waals surface area contributed by atoms with Gasteiger partial charge in [0, 0.05) is 19.3 Å². The van der Waals surface area contributed by atoms with Crippen LogP contribution in [0.4, 0.5) is 5.95 Å². The third kappa shape index (κ3) is 3.52. The van der Waals surface area contributed by atoms with Gasteiger partial charge in [0.15, 0.2) is 11.2 Å². The van der Waals surface area contributed by atoms with E-state index < -0.39 is 11.2 Å². The number of rotatable bonds is 7. The monoisotopic (exact) mass is 320 g/mol. The van der Waals surface area contributed by atoms with Crippen molar-refractivity contribution in [2.24, 2.45) is 12.1 Å². The first-order valence-corrected chi connectivity index (χ1v) is 7.98. The average molecular weight is 320 g/mol. The summed E-state index contributed by atoms with van der Waals surface area (Å²) in [6.45, 7) is 6.70. The number of aromatic amines is 1. The van der Waals surface area contributed by atoms with E-state index in [1.54, 1.807) is 11.6 Å². The highest BCUT2D eigenvalue weighted by atomic mass is 16.2. The van der Waals surface area contributed by atoms with Crippen molar-refractivity contribution in [3.8, 4) is 0 Å². The maximum atomic E-state index is 12.2. The van der Waals surface area contributed by atoms with Crippen LogP contribution in [-0.2, 0) is 13.6 Å². The molecule has 0 saturated heterocycles. The van der Waals surface area contributed by atoms with Crippen LogP contribution in [0.25, 0.3) is 11.2 Å². The van der Waals surface area contributed by atoms with Crippen LogP contribution in [-0.4, -0.2) is 24.8 Å². The topological polar surface area (TPSA) is 97.1 Å². The van der Waals surface area contributed by atoms with E-state index in [2.05, 4.69) is 27.4 Å². The highest BCUT2D eigenvalue weighted by Crippen LogP contribution is 2.16. The van der Waals surface area contributed by atoms with Gasteiger partial charge in [0.2, 0.25) is 5.95 Å². The molecule has 0 aliphatic carbocycles. The normalized spacial score (nSPS) is 12.1. The number of aromatic nitrogens is 4. The first-order chi connectivity index (χ1) is 11.0. The number of hydrogen-bond donors (Lipinski definition) is 2.